The molecule has 2 fully saturated rings. The number of fused-ring (bicyclic) bond motifs is 1. The van der Waals surface area contributed by atoms with E-state index < -0.39 is 6.10 Å². The Balaban J connectivity index is 1.22. The fraction of sp³-hybridized carbons (Fsp3) is 0.385. The minimum absolute atomic E-state index is 0.0448. The standard InChI is InChI=1S/C26H28N2O3/c29-24-17-28(26(30)25-6-3-13-31-25)12-11-21(24)14-18-7-9-19(10-8-18)22-15-20-4-1-2-5-23(20)27-16-22/h1-2,4-5,7-10,15-16,21,24-25,29H,3,6,11-14,17H2/t21-,24+,25+/m0/s1. The predicted molar refractivity (Wildman–Crippen MR) is 121 cm³/mol. The van der Waals surface area contributed by atoms with Crippen LogP contribution >= 0.6 is 0 Å². The lowest BCUT2D eigenvalue weighted by atomic mass is 9.87. The normalized spacial score (nSPS) is 23.9. The highest BCUT2D eigenvalue weighted by Crippen LogP contribution is 2.27. The number of rotatable bonds is 4. The van der Waals surface area contributed by atoms with Gasteiger partial charge in [0.15, 0.2) is 0 Å². The molecule has 0 radical (unpaired) electrons. The number of benzene rings is 2. The molecule has 0 saturated carbocycles. The Bertz CT molecular complexity index is 1060. The molecule has 0 spiro atoms. The minimum Gasteiger partial charge on any atom is -0.391 e. The summed E-state index contributed by atoms with van der Waals surface area (Å²) < 4.78 is 5.52. The minimum atomic E-state index is -0.497. The van der Waals surface area contributed by atoms with Gasteiger partial charge in [0.25, 0.3) is 5.91 Å². The largest absolute Gasteiger partial charge is 0.391 e. The molecule has 2 aliphatic rings. The van der Waals surface area contributed by atoms with Crippen LogP contribution in [0.25, 0.3) is 22.0 Å². The summed E-state index contributed by atoms with van der Waals surface area (Å²) in [5.74, 6) is 0.213. The van der Waals surface area contributed by atoms with Crippen molar-refractivity contribution in [2.24, 2.45) is 5.92 Å². The van der Waals surface area contributed by atoms with Gasteiger partial charge in [-0.2, -0.15) is 0 Å². The third kappa shape index (κ3) is 4.34. The summed E-state index contributed by atoms with van der Waals surface area (Å²) in [6, 6.07) is 18.8. The van der Waals surface area contributed by atoms with Gasteiger partial charge >= 0.3 is 0 Å². The van der Waals surface area contributed by atoms with E-state index in [0.717, 1.165) is 47.7 Å². The molecule has 3 atom stereocenters. The second-order valence-electron chi connectivity index (χ2n) is 8.72. The Kier molecular flexibility index (Phi) is 5.70. The number of aliphatic hydroxyl groups is 1. The topological polar surface area (TPSA) is 62.7 Å². The summed E-state index contributed by atoms with van der Waals surface area (Å²) >= 11 is 0. The maximum Gasteiger partial charge on any atom is 0.251 e. The fourth-order valence-corrected chi connectivity index (χ4v) is 4.76. The van der Waals surface area contributed by atoms with Gasteiger partial charge in [-0.15, -0.1) is 0 Å². The third-order valence-corrected chi connectivity index (χ3v) is 6.61. The van der Waals surface area contributed by atoms with E-state index in [4.69, 9.17) is 4.74 Å². The van der Waals surface area contributed by atoms with Crippen molar-refractivity contribution in [2.75, 3.05) is 19.7 Å². The SMILES string of the molecule is O=C([C@H]1CCCO1)N1CC[C@@H](Cc2ccc(-c3cnc4ccccc4c3)cc2)[C@H](O)C1. The average molecular weight is 417 g/mol. The Morgan fingerprint density at radius 3 is 2.71 bits per heavy atom. The van der Waals surface area contributed by atoms with Crippen molar-refractivity contribution in [2.45, 2.75) is 37.9 Å². The van der Waals surface area contributed by atoms with Gasteiger partial charge in [-0.05, 0) is 54.9 Å². The third-order valence-electron chi connectivity index (χ3n) is 6.61. The highest BCUT2D eigenvalue weighted by Gasteiger charge is 2.34. The van der Waals surface area contributed by atoms with Crippen molar-refractivity contribution in [1.29, 1.82) is 0 Å². The summed E-state index contributed by atoms with van der Waals surface area (Å²) in [6.07, 6.45) is 4.50. The smallest absolute Gasteiger partial charge is 0.251 e. The lowest BCUT2D eigenvalue weighted by Gasteiger charge is -2.37. The van der Waals surface area contributed by atoms with Gasteiger partial charge in [0.05, 0.1) is 11.6 Å². The lowest BCUT2D eigenvalue weighted by molar-refractivity contribution is -0.145. The number of piperidine rings is 1. The molecule has 1 aromatic heterocycles. The molecule has 0 aliphatic carbocycles. The molecule has 160 valence electrons. The molecule has 2 aliphatic heterocycles. The van der Waals surface area contributed by atoms with Crippen molar-refractivity contribution < 1.29 is 14.6 Å². The van der Waals surface area contributed by atoms with E-state index in [1.54, 1.807) is 4.90 Å². The van der Waals surface area contributed by atoms with E-state index in [0.29, 0.717) is 19.7 Å². The molecule has 1 N–H and O–H groups in total. The summed E-state index contributed by atoms with van der Waals surface area (Å²) in [4.78, 5) is 18.9. The molecule has 0 bridgehead atoms. The molecule has 5 rings (SSSR count). The number of amides is 1. The van der Waals surface area contributed by atoms with Crippen LogP contribution in [0.4, 0.5) is 0 Å². The second-order valence-corrected chi connectivity index (χ2v) is 8.72. The van der Waals surface area contributed by atoms with Crippen LogP contribution in [0.3, 0.4) is 0 Å². The van der Waals surface area contributed by atoms with Crippen molar-refractivity contribution in [3.63, 3.8) is 0 Å². The number of β-amino-alcohol motifs (C(OH)–C–C–N with tert-alkyl or cyclic N) is 1. The van der Waals surface area contributed by atoms with E-state index in [9.17, 15) is 9.90 Å². The van der Waals surface area contributed by atoms with Gasteiger partial charge in [0.2, 0.25) is 0 Å². The Morgan fingerprint density at radius 2 is 1.94 bits per heavy atom. The number of carbonyl (C=O) groups excluding carboxylic acids is 1. The van der Waals surface area contributed by atoms with Crippen molar-refractivity contribution in [1.82, 2.24) is 9.88 Å². The number of hydrogen-bond acceptors (Lipinski definition) is 4. The summed E-state index contributed by atoms with van der Waals surface area (Å²) in [5, 5.41) is 11.8. The molecular weight excluding hydrogens is 388 g/mol. The van der Waals surface area contributed by atoms with Gasteiger partial charge in [0.1, 0.15) is 6.10 Å². The van der Waals surface area contributed by atoms with E-state index in [2.05, 4.69) is 41.4 Å². The maximum atomic E-state index is 12.5. The van der Waals surface area contributed by atoms with Crippen LogP contribution in [0.5, 0.6) is 0 Å². The fourth-order valence-electron chi connectivity index (χ4n) is 4.76. The van der Waals surface area contributed by atoms with Crippen molar-refractivity contribution in [3.8, 4) is 11.1 Å². The Labute approximate surface area is 182 Å². The highest BCUT2D eigenvalue weighted by atomic mass is 16.5. The molecule has 3 heterocycles. The number of ether oxygens (including phenoxy) is 1. The first-order valence-corrected chi connectivity index (χ1v) is 11.2. The van der Waals surface area contributed by atoms with Gasteiger partial charge < -0.3 is 14.7 Å². The van der Waals surface area contributed by atoms with E-state index in [-0.39, 0.29) is 17.9 Å². The van der Waals surface area contributed by atoms with E-state index in [1.165, 1.54) is 5.56 Å². The lowest BCUT2D eigenvalue weighted by Crippen LogP contribution is -2.50. The number of para-hydroxylation sites is 1. The van der Waals surface area contributed by atoms with Crippen molar-refractivity contribution >= 4 is 16.8 Å². The molecule has 2 saturated heterocycles. The predicted octanol–water partition coefficient (Wildman–Crippen LogP) is 3.83. The second kappa shape index (κ2) is 8.77. The first kappa shape index (κ1) is 20.2. The number of aliphatic hydroxyl groups excluding tert-OH is 1. The molecule has 31 heavy (non-hydrogen) atoms. The van der Waals surface area contributed by atoms with Crippen LogP contribution in [0.15, 0.2) is 60.8 Å². The molecule has 5 nitrogen and oxygen atoms in total. The molecule has 0 unspecified atom stereocenters. The molecular formula is C26H28N2O3. The number of aromatic nitrogens is 1. The van der Waals surface area contributed by atoms with Gasteiger partial charge in [-0.25, -0.2) is 0 Å². The number of carbonyl (C=O) groups is 1. The summed E-state index contributed by atoms with van der Waals surface area (Å²) in [7, 11) is 0. The van der Waals surface area contributed by atoms with Crippen LogP contribution in [0, 0.1) is 5.92 Å². The highest BCUT2D eigenvalue weighted by molar-refractivity contribution is 5.83. The summed E-state index contributed by atoms with van der Waals surface area (Å²) in [6.45, 7) is 1.77. The number of pyridine rings is 1. The molecule has 1 amide bonds. The zero-order valence-corrected chi connectivity index (χ0v) is 17.6. The van der Waals surface area contributed by atoms with Gasteiger partial charge in [-0.3, -0.25) is 9.78 Å². The number of hydrogen-bond donors (Lipinski definition) is 1. The maximum absolute atomic E-state index is 12.5. The first-order chi connectivity index (χ1) is 15.2. The van der Waals surface area contributed by atoms with E-state index in [1.807, 2.05) is 24.4 Å². The Hall–Kier alpha value is -2.76. The molecule has 2 aromatic carbocycles. The van der Waals surface area contributed by atoms with Crippen LogP contribution in [-0.2, 0) is 16.0 Å². The monoisotopic (exact) mass is 416 g/mol. The quantitative estimate of drug-likeness (QED) is 0.702. The number of likely N-dealkylation sites (tertiary alicyclic amines) is 1. The summed E-state index contributed by atoms with van der Waals surface area (Å²) in [5.41, 5.74) is 4.45. The Morgan fingerprint density at radius 1 is 1.10 bits per heavy atom. The van der Waals surface area contributed by atoms with Crippen LogP contribution in [0.1, 0.15) is 24.8 Å². The molecule has 5 heteroatoms. The van der Waals surface area contributed by atoms with Crippen LogP contribution < -0.4 is 0 Å². The van der Waals surface area contributed by atoms with E-state index >= 15 is 0 Å². The average Bonchev–Trinajstić information content (AvgIpc) is 3.35. The zero-order valence-electron chi connectivity index (χ0n) is 17.6. The van der Waals surface area contributed by atoms with Crippen LogP contribution in [-0.4, -0.2) is 52.8 Å². The van der Waals surface area contributed by atoms with Gasteiger partial charge in [0, 0.05) is 36.8 Å². The zero-order chi connectivity index (χ0) is 21.2. The first-order valence-electron chi connectivity index (χ1n) is 11.2. The van der Waals surface area contributed by atoms with Gasteiger partial charge in [-0.1, -0.05) is 42.5 Å². The molecule has 3 aromatic rings. The van der Waals surface area contributed by atoms with Crippen LogP contribution in [0.2, 0.25) is 0 Å². The van der Waals surface area contributed by atoms with Crippen molar-refractivity contribution in [3.05, 3.63) is 66.4 Å². The number of nitrogens with zero attached hydrogens (tertiary/aromatic N) is 2.